The molecule has 1 saturated heterocycles. The van der Waals surface area contributed by atoms with Gasteiger partial charge in [-0.05, 0) is 39.2 Å². The minimum absolute atomic E-state index is 0.250. The largest absolute Gasteiger partial charge is 0.483 e. The smallest absolute Gasteiger partial charge is 0.290 e. The lowest BCUT2D eigenvalue weighted by molar-refractivity contribution is -0.122. The van der Waals surface area contributed by atoms with Crippen molar-refractivity contribution < 1.29 is 14.6 Å². The maximum absolute atomic E-state index is 8.36. The van der Waals surface area contributed by atoms with E-state index in [1.165, 1.54) is 19.5 Å². The molecule has 1 N–H and O–H groups in total. The van der Waals surface area contributed by atoms with Gasteiger partial charge in [0.05, 0.1) is 0 Å². The average Bonchev–Trinajstić information content (AvgIpc) is 2.68. The molecule has 17 heavy (non-hydrogen) atoms. The molecule has 0 bridgehead atoms. The summed E-state index contributed by atoms with van der Waals surface area (Å²) >= 11 is 0. The van der Waals surface area contributed by atoms with Crippen LogP contribution >= 0.6 is 0 Å². The Morgan fingerprint density at radius 2 is 2.06 bits per heavy atom. The van der Waals surface area contributed by atoms with Crippen LogP contribution in [0.5, 0.6) is 0 Å². The fraction of sp³-hybridized carbons (Fsp3) is 0.923. The fourth-order valence-corrected chi connectivity index (χ4v) is 1.64. The van der Waals surface area contributed by atoms with Gasteiger partial charge in [-0.3, -0.25) is 4.79 Å². The number of hydrogen-bond acceptors (Lipinski definition) is 3. The van der Waals surface area contributed by atoms with Gasteiger partial charge in [-0.1, -0.05) is 13.8 Å². The van der Waals surface area contributed by atoms with Crippen LogP contribution in [0.1, 0.15) is 40.5 Å². The van der Waals surface area contributed by atoms with Crippen LogP contribution in [0.2, 0.25) is 0 Å². The minimum Gasteiger partial charge on any atom is -0.483 e. The molecule has 0 aromatic heterocycles. The van der Waals surface area contributed by atoms with Gasteiger partial charge in [0, 0.05) is 26.3 Å². The number of nitrogens with zero attached hydrogens (tertiary/aromatic N) is 1. The fourth-order valence-electron chi connectivity index (χ4n) is 1.64. The van der Waals surface area contributed by atoms with Gasteiger partial charge in [0.1, 0.15) is 0 Å². The number of carboxylic acid groups (broad SMARTS) is 1. The summed E-state index contributed by atoms with van der Waals surface area (Å²) < 4.78 is 4.69. The molecule has 0 aromatic rings. The van der Waals surface area contributed by atoms with E-state index in [9.17, 15) is 0 Å². The molecule has 0 aromatic carbocycles. The van der Waals surface area contributed by atoms with Gasteiger partial charge in [0.25, 0.3) is 6.47 Å². The van der Waals surface area contributed by atoms with Crippen molar-refractivity contribution in [3.8, 4) is 0 Å². The SMILES string of the molecule is CC1CCN(C(C)C)C1.CCCOC.O=CO. The van der Waals surface area contributed by atoms with Crippen LogP contribution in [0.25, 0.3) is 0 Å². The van der Waals surface area contributed by atoms with Crippen LogP contribution in [0.3, 0.4) is 0 Å². The average molecular weight is 247 g/mol. The number of carbonyl (C=O) groups is 1. The molecule has 1 fully saturated rings. The van der Waals surface area contributed by atoms with Gasteiger partial charge in [0.2, 0.25) is 0 Å². The quantitative estimate of drug-likeness (QED) is 0.778. The molecule has 0 saturated carbocycles. The van der Waals surface area contributed by atoms with Crippen molar-refractivity contribution in [1.82, 2.24) is 4.90 Å². The van der Waals surface area contributed by atoms with Crippen molar-refractivity contribution in [2.75, 3.05) is 26.8 Å². The van der Waals surface area contributed by atoms with Crippen LogP contribution in [0, 0.1) is 5.92 Å². The first-order valence-corrected chi connectivity index (χ1v) is 6.34. The Balaban J connectivity index is 0. The minimum atomic E-state index is -0.250. The van der Waals surface area contributed by atoms with E-state index in [1.807, 2.05) is 0 Å². The maximum atomic E-state index is 8.36. The lowest BCUT2D eigenvalue weighted by Gasteiger charge is -2.19. The predicted octanol–water partition coefficient (Wildman–Crippen LogP) is 2.48. The van der Waals surface area contributed by atoms with Crippen LogP contribution < -0.4 is 0 Å². The molecule has 0 aliphatic carbocycles. The number of likely N-dealkylation sites (tertiary alicyclic amines) is 1. The molecule has 1 heterocycles. The molecule has 0 radical (unpaired) electrons. The lowest BCUT2D eigenvalue weighted by Crippen LogP contribution is -2.27. The third-order valence-corrected chi connectivity index (χ3v) is 2.59. The molecule has 1 atom stereocenters. The highest BCUT2D eigenvalue weighted by Gasteiger charge is 2.19. The highest BCUT2D eigenvalue weighted by Crippen LogP contribution is 2.16. The van der Waals surface area contributed by atoms with Crippen molar-refractivity contribution in [3.63, 3.8) is 0 Å². The van der Waals surface area contributed by atoms with E-state index >= 15 is 0 Å². The summed E-state index contributed by atoms with van der Waals surface area (Å²) in [5.41, 5.74) is 0. The third kappa shape index (κ3) is 13.3. The standard InChI is InChI=1S/C8H17N.C4H10O.CH2O2/c1-7(2)9-5-4-8(3)6-9;1-3-4-5-2;2-1-3/h7-8H,4-6H2,1-3H3;3-4H2,1-2H3;1H,(H,2,3). The van der Waals surface area contributed by atoms with Gasteiger partial charge in [-0.25, -0.2) is 0 Å². The second-order valence-electron chi connectivity index (χ2n) is 4.58. The first-order valence-electron chi connectivity index (χ1n) is 6.34. The summed E-state index contributed by atoms with van der Waals surface area (Å²) in [5, 5.41) is 6.89. The summed E-state index contributed by atoms with van der Waals surface area (Å²) in [6.07, 6.45) is 2.52. The predicted molar refractivity (Wildman–Crippen MR) is 71.3 cm³/mol. The van der Waals surface area contributed by atoms with Gasteiger partial charge < -0.3 is 14.7 Å². The molecule has 1 aliphatic rings. The molecule has 1 aliphatic heterocycles. The van der Waals surface area contributed by atoms with Crippen LogP contribution in [0.15, 0.2) is 0 Å². The summed E-state index contributed by atoms with van der Waals surface area (Å²) in [6.45, 7) is 12.2. The first kappa shape index (κ1) is 18.7. The van der Waals surface area contributed by atoms with Crippen LogP contribution in [-0.4, -0.2) is 49.3 Å². The highest BCUT2D eigenvalue weighted by molar-refractivity contribution is 5.32. The van der Waals surface area contributed by atoms with E-state index in [4.69, 9.17) is 14.6 Å². The number of ether oxygens (including phenoxy) is 1. The number of methoxy groups -OCH3 is 1. The zero-order chi connectivity index (χ0) is 13.7. The highest BCUT2D eigenvalue weighted by atomic mass is 16.5. The molecule has 4 heteroatoms. The molecular formula is C13H29NO3. The lowest BCUT2D eigenvalue weighted by atomic mass is 10.2. The monoisotopic (exact) mass is 247 g/mol. The van der Waals surface area contributed by atoms with Gasteiger partial charge in [0.15, 0.2) is 0 Å². The molecule has 1 unspecified atom stereocenters. The zero-order valence-electron chi connectivity index (χ0n) is 12.0. The van der Waals surface area contributed by atoms with E-state index in [-0.39, 0.29) is 6.47 Å². The van der Waals surface area contributed by atoms with Crippen molar-refractivity contribution in [1.29, 1.82) is 0 Å². The Morgan fingerprint density at radius 3 is 2.18 bits per heavy atom. The van der Waals surface area contributed by atoms with Crippen molar-refractivity contribution >= 4 is 6.47 Å². The topological polar surface area (TPSA) is 49.8 Å². The Labute approximate surface area is 106 Å². The Bertz CT molecular complexity index is 161. The van der Waals surface area contributed by atoms with E-state index in [1.54, 1.807) is 7.11 Å². The second kappa shape index (κ2) is 13.5. The molecule has 0 spiro atoms. The second-order valence-corrected chi connectivity index (χ2v) is 4.58. The summed E-state index contributed by atoms with van der Waals surface area (Å²) in [6, 6.07) is 0.759. The van der Waals surface area contributed by atoms with Crippen molar-refractivity contribution in [3.05, 3.63) is 0 Å². The molecule has 4 nitrogen and oxygen atoms in total. The van der Waals surface area contributed by atoms with Crippen molar-refractivity contribution in [2.45, 2.75) is 46.6 Å². The molecule has 104 valence electrons. The normalized spacial score (nSPS) is 19.1. The Morgan fingerprint density at radius 1 is 1.53 bits per heavy atom. The maximum Gasteiger partial charge on any atom is 0.290 e. The van der Waals surface area contributed by atoms with Crippen LogP contribution in [0.4, 0.5) is 0 Å². The Kier molecular flexibility index (Phi) is 14.8. The van der Waals surface area contributed by atoms with Crippen LogP contribution in [-0.2, 0) is 9.53 Å². The van der Waals surface area contributed by atoms with E-state index in [2.05, 4.69) is 32.6 Å². The van der Waals surface area contributed by atoms with Gasteiger partial charge in [-0.2, -0.15) is 0 Å². The van der Waals surface area contributed by atoms with Gasteiger partial charge in [-0.15, -0.1) is 0 Å². The summed E-state index contributed by atoms with van der Waals surface area (Å²) in [7, 11) is 1.71. The summed E-state index contributed by atoms with van der Waals surface area (Å²) in [4.78, 5) is 10.9. The first-order chi connectivity index (χ1) is 8.03. The third-order valence-electron chi connectivity index (χ3n) is 2.59. The Hall–Kier alpha value is -0.610. The van der Waals surface area contributed by atoms with Crippen molar-refractivity contribution in [2.24, 2.45) is 5.92 Å². The van der Waals surface area contributed by atoms with E-state index < -0.39 is 0 Å². The molecular weight excluding hydrogens is 218 g/mol. The van der Waals surface area contributed by atoms with Gasteiger partial charge >= 0.3 is 0 Å². The van der Waals surface area contributed by atoms with E-state index in [0.29, 0.717) is 0 Å². The molecule has 1 rings (SSSR count). The number of rotatable bonds is 3. The molecule has 0 amide bonds. The summed E-state index contributed by atoms with van der Waals surface area (Å²) in [5.74, 6) is 0.937. The number of hydrogen-bond donors (Lipinski definition) is 1. The van der Waals surface area contributed by atoms with E-state index in [0.717, 1.165) is 25.0 Å². The zero-order valence-corrected chi connectivity index (χ0v) is 12.0.